The topological polar surface area (TPSA) is 71.1 Å². The summed E-state index contributed by atoms with van der Waals surface area (Å²) in [6.07, 6.45) is -1.17. The van der Waals surface area contributed by atoms with E-state index in [0.29, 0.717) is 0 Å². The first-order chi connectivity index (χ1) is 20.3. The maximum absolute atomic E-state index is 12.7. The van der Waals surface area contributed by atoms with Crippen molar-refractivity contribution in [3.05, 3.63) is 59.6 Å². The molecule has 2 rings (SSSR count). The Balaban J connectivity index is 2.39. The second-order valence-corrected chi connectivity index (χ2v) is 5.25. The van der Waals surface area contributed by atoms with Crippen LogP contribution in [0.4, 0.5) is 0 Å². The molecule has 6 nitrogen and oxygen atoms in total. The number of allylic oxidation sites excluding steroid dienone is 2. The molecule has 2 aromatic rings. The first-order valence-corrected chi connectivity index (χ1v) is 7.72. The minimum absolute atomic E-state index is 0.290. The van der Waals surface area contributed by atoms with Crippen molar-refractivity contribution in [1.29, 1.82) is 0 Å². The van der Waals surface area contributed by atoms with Gasteiger partial charge in [-0.3, -0.25) is 9.59 Å². The zero-order chi connectivity index (χ0) is 34.7. The lowest BCUT2D eigenvalue weighted by molar-refractivity contribution is -0.121. The van der Waals surface area contributed by atoms with Gasteiger partial charge in [0, 0.05) is 0 Å². The van der Waals surface area contributed by atoms with Gasteiger partial charge in [-0.25, -0.2) is 0 Å². The van der Waals surface area contributed by atoms with Gasteiger partial charge in [0.25, 0.3) is 0 Å². The molecule has 0 radical (unpaired) electrons. The van der Waals surface area contributed by atoms with Gasteiger partial charge in [0.1, 0.15) is 0 Å². The zero-order valence-electron chi connectivity index (χ0n) is 30.6. The van der Waals surface area contributed by atoms with E-state index in [9.17, 15) is 9.59 Å². The van der Waals surface area contributed by atoms with E-state index < -0.39 is 93.3 Å². The summed E-state index contributed by atoms with van der Waals surface area (Å²) in [6.45, 7) is 0. The molecule has 0 aliphatic rings. The van der Waals surface area contributed by atoms with Gasteiger partial charge in [-0.05, 0) is 47.5 Å². The summed E-state index contributed by atoms with van der Waals surface area (Å²) >= 11 is 0. The van der Waals surface area contributed by atoms with Gasteiger partial charge in [0.2, 0.25) is 0 Å². The van der Waals surface area contributed by atoms with Crippen LogP contribution in [0.3, 0.4) is 0 Å². The van der Waals surface area contributed by atoms with Crippen LogP contribution < -0.4 is 18.9 Å². The molecule has 6 heteroatoms. The molecule has 0 amide bonds. The highest BCUT2D eigenvalue weighted by Gasteiger charge is 2.07. The number of ether oxygens (including phenoxy) is 4. The summed E-state index contributed by atoms with van der Waals surface area (Å²) in [5.41, 5.74) is -0.580. The van der Waals surface area contributed by atoms with E-state index in [-0.39, 0.29) is 11.1 Å². The van der Waals surface area contributed by atoms with Crippen molar-refractivity contribution in [1.82, 2.24) is 0 Å². The second-order valence-electron chi connectivity index (χ2n) is 5.25. The van der Waals surface area contributed by atoms with Crippen molar-refractivity contribution < 1.29 is 50.5 Å². The van der Waals surface area contributed by atoms with Crippen LogP contribution in [0.1, 0.15) is 39.5 Å². The number of hydrogen-bond acceptors (Lipinski definition) is 6. The van der Waals surface area contributed by atoms with Crippen LogP contribution in [0.25, 0.3) is 12.1 Å². The van der Waals surface area contributed by atoms with Crippen LogP contribution in [0, 0.1) is 0 Å². The van der Waals surface area contributed by atoms with Crippen molar-refractivity contribution >= 4 is 23.7 Å². The molecule has 0 aliphatic heterocycles. The third-order valence-corrected chi connectivity index (χ3v) is 3.34. The number of carbonyl (C=O) groups is 2. The molecule has 29 heavy (non-hydrogen) atoms. The standard InChI is InChI=1S/C23H24O6/c1-26-20-11-7-16(13-22(20)28-3)5-9-18(24)15-19(25)10-6-17-8-12-21(27-2)23(14-17)29-4/h5-14H,15H2,1-4H3/i1D3,2D3,3D3,4D3,5D,6D,9D,10D. The van der Waals surface area contributed by atoms with E-state index in [2.05, 4.69) is 0 Å². The number of hydrogen-bond donors (Lipinski definition) is 0. The normalized spacial score (nSPS) is 22.1. The lowest BCUT2D eigenvalue weighted by Crippen LogP contribution is -2.02. The maximum atomic E-state index is 12.7. The van der Waals surface area contributed by atoms with Gasteiger partial charge in [0.05, 0.1) is 56.5 Å². The van der Waals surface area contributed by atoms with E-state index >= 15 is 0 Å². The second kappa shape index (κ2) is 10.7. The monoisotopic (exact) mass is 412 g/mol. The molecule has 0 fully saturated rings. The Hall–Kier alpha value is -3.54. The summed E-state index contributed by atoms with van der Waals surface area (Å²) in [6, 6.07) is 1.85. The molecule has 0 unspecified atom stereocenters. The van der Waals surface area contributed by atoms with Gasteiger partial charge in [0.15, 0.2) is 34.6 Å². The largest absolute Gasteiger partial charge is 0.493 e. The fourth-order valence-corrected chi connectivity index (χ4v) is 2.02. The highest BCUT2D eigenvalue weighted by Crippen LogP contribution is 2.28. The van der Waals surface area contributed by atoms with E-state index in [0.717, 1.165) is 36.4 Å². The van der Waals surface area contributed by atoms with Gasteiger partial charge in [-0.1, -0.05) is 24.2 Å². The van der Waals surface area contributed by atoms with Gasteiger partial charge >= 0.3 is 0 Å². The van der Waals surface area contributed by atoms with Crippen LogP contribution >= 0.6 is 0 Å². The molecular weight excluding hydrogens is 372 g/mol. The molecule has 0 saturated heterocycles. The first kappa shape index (κ1) is 8.45. The lowest BCUT2D eigenvalue weighted by Gasteiger charge is -2.07. The minimum atomic E-state index is -3.07. The molecule has 0 saturated carbocycles. The highest BCUT2D eigenvalue weighted by atomic mass is 16.5. The Labute approximate surface area is 192 Å². The van der Waals surface area contributed by atoms with Crippen molar-refractivity contribution in [3.8, 4) is 23.0 Å². The Bertz CT molecular complexity index is 1390. The molecule has 0 N–H and O–H groups in total. The quantitative estimate of drug-likeness (QED) is 0.434. The molecule has 152 valence electrons. The van der Waals surface area contributed by atoms with E-state index in [1.165, 1.54) is 0 Å². The smallest absolute Gasteiger partial charge is 0.163 e. The molecule has 2 aromatic carbocycles. The molecular formula is C23H24O6. The average Bonchev–Trinajstić information content (AvgIpc) is 2.85. The number of benzene rings is 2. The number of carbonyl (C=O) groups excluding carboxylic acids is 2. The fourth-order valence-electron chi connectivity index (χ4n) is 2.02. The summed E-state index contributed by atoms with van der Waals surface area (Å²) < 4.78 is 138. The van der Waals surface area contributed by atoms with Crippen LogP contribution in [0.15, 0.2) is 48.5 Å². The van der Waals surface area contributed by atoms with E-state index in [1.807, 2.05) is 0 Å². The van der Waals surface area contributed by atoms with Crippen molar-refractivity contribution in [2.45, 2.75) is 6.42 Å². The summed E-state index contributed by atoms with van der Waals surface area (Å²) in [5.74, 6) is -4.91. The summed E-state index contributed by atoms with van der Waals surface area (Å²) in [5, 5.41) is 0. The lowest BCUT2D eigenvalue weighted by atomic mass is 10.1. The number of methoxy groups -OCH3 is 4. The van der Waals surface area contributed by atoms with Crippen molar-refractivity contribution in [3.63, 3.8) is 0 Å². The molecule has 0 aliphatic carbocycles. The molecule has 0 atom stereocenters. The number of rotatable bonds is 10. The van der Waals surface area contributed by atoms with Crippen LogP contribution in [-0.2, 0) is 9.59 Å². The predicted octanol–water partition coefficient (Wildman–Crippen LogP) is 3.98. The molecule has 0 bridgehead atoms. The molecule has 0 heterocycles. The number of ketones is 2. The SMILES string of the molecule is [2H]C(C(=O)CC(=O)C([2H])=C([2H])c1ccc(OC([2H])([2H])[2H])c(OC([2H])([2H])[2H])c1)=C([2H])c1ccc(OC([2H])([2H])[2H])c(OC([2H])([2H])[2H])c1. The Morgan fingerprint density at radius 1 is 0.759 bits per heavy atom. The van der Waals surface area contributed by atoms with Crippen molar-refractivity contribution in [2.75, 3.05) is 28.2 Å². The van der Waals surface area contributed by atoms with E-state index in [4.69, 9.17) is 40.9 Å². The average molecular weight is 413 g/mol. The Morgan fingerprint density at radius 3 is 1.59 bits per heavy atom. The van der Waals surface area contributed by atoms with Gasteiger partial charge in [-0.2, -0.15) is 0 Å². The van der Waals surface area contributed by atoms with E-state index in [1.54, 1.807) is 0 Å². The van der Waals surface area contributed by atoms with Gasteiger partial charge < -0.3 is 18.9 Å². The Kier molecular flexibility index (Phi) is 3.12. The van der Waals surface area contributed by atoms with Crippen LogP contribution in [-0.4, -0.2) is 39.7 Å². The fraction of sp³-hybridized carbons (Fsp3) is 0.217. The summed E-state index contributed by atoms with van der Waals surface area (Å²) in [4.78, 5) is 25.3. The third-order valence-electron chi connectivity index (χ3n) is 3.34. The third kappa shape index (κ3) is 6.24. The van der Waals surface area contributed by atoms with Crippen LogP contribution in [0.2, 0.25) is 0 Å². The molecule has 0 aromatic heterocycles. The zero-order valence-corrected chi connectivity index (χ0v) is 14.6. The Morgan fingerprint density at radius 2 is 1.17 bits per heavy atom. The summed E-state index contributed by atoms with van der Waals surface area (Å²) in [7, 11) is -12.1. The van der Waals surface area contributed by atoms with Gasteiger partial charge in [-0.15, -0.1) is 0 Å². The minimum Gasteiger partial charge on any atom is -0.493 e. The van der Waals surface area contributed by atoms with Crippen LogP contribution in [0.5, 0.6) is 23.0 Å². The predicted molar refractivity (Wildman–Crippen MR) is 112 cm³/mol. The highest BCUT2D eigenvalue weighted by molar-refractivity contribution is 6.10. The van der Waals surface area contributed by atoms with Crippen molar-refractivity contribution in [2.24, 2.45) is 0 Å². The maximum Gasteiger partial charge on any atom is 0.163 e. The molecule has 0 spiro atoms. The first-order valence-electron chi connectivity index (χ1n) is 15.7.